The van der Waals surface area contributed by atoms with E-state index in [2.05, 4.69) is 10.6 Å². The fraction of sp³-hybridized carbons (Fsp3) is 0.278. The molecular formula is C18H23ClN2O3. The predicted octanol–water partition coefficient (Wildman–Crippen LogP) is 3.24. The Bertz CT molecular complexity index is 650. The predicted molar refractivity (Wildman–Crippen MR) is 98.2 cm³/mol. The lowest BCUT2D eigenvalue weighted by atomic mass is 10.1. The van der Waals surface area contributed by atoms with Crippen LogP contribution in [-0.2, 0) is 11.3 Å². The van der Waals surface area contributed by atoms with Gasteiger partial charge in [0.15, 0.2) is 18.1 Å². The van der Waals surface area contributed by atoms with Crippen molar-refractivity contribution in [1.82, 2.24) is 5.32 Å². The van der Waals surface area contributed by atoms with Gasteiger partial charge in [-0.1, -0.05) is 37.3 Å². The van der Waals surface area contributed by atoms with Gasteiger partial charge in [-0.2, -0.15) is 0 Å². The van der Waals surface area contributed by atoms with Gasteiger partial charge in [-0.05, 0) is 30.3 Å². The number of carbonyl (C=O) groups is 1. The minimum absolute atomic E-state index is 0. The third-order valence-electron chi connectivity index (χ3n) is 3.28. The molecule has 0 aliphatic heterocycles. The Morgan fingerprint density at radius 2 is 1.71 bits per heavy atom. The van der Waals surface area contributed by atoms with Crippen LogP contribution in [0.2, 0.25) is 0 Å². The van der Waals surface area contributed by atoms with Crippen molar-refractivity contribution in [3.8, 4) is 11.5 Å². The molecule has 2 aromatic carbocycles. The standard InChI is InChI=1S/C18H22N2O3.ClH/c1-3-19-12-14-8-4-5-9-15(14)20-18(21)13-23-17-11-7-6-10-16(17)22-2;/h4-11,19H,3,12-13H2,1-2H3,(H,20,21);1H. The van der Waals surface area contributed by atoms with Gasteiger partial charge in [-0.15, -0.1) is 12.4 Å². The summed E-state index contributed by atoms with van der Waals surface area (Å²) in [5, 5.41) is 6.13. The summed E-state index contributed by atoms with van der Waals surface area (Å²) in [6, 6.07) is 15.0. The van der Waals surface area contributed by atoms with Crippen molar-refractivity contribution in [2.75, 3.05) is 25.6 Å². The lowest BCUT2D eigenvalue weighted by Gasteiger charge is -2.13. The van der Waals surface area contributed by atoms with Crippen LogP contribution in [0.3, 0.4) is 0 Å². The van der Waals surface area contributed by atoms with Gasteiger partial charge in [0.05, 0.1) is 7.11 Å². The van der Waals surface area contributed by atoms with E-state index in [1.165, 1.54) is 0 Å². The third kappa shape index (κ3) is 5.76. The first-order valence-corrected chi connectivity index (χ1v) is 7.59. The Morgan fingerprint density at radius 3 is 2.42 bits per heavy atom. The van der Waals surface area contributed by atoms with E-state index in [-0.39, 0.29) is 24.9 Å². The van der Waals surface area contributed by atoms with Crippen LogP contribution in [-0.4, -0.2) is 26.2 Å². The van der Waals surface area contributed by atoms with Crippen LogP contribution in [0.5, 0.6) is 11.5 Å². The largest absolute Gasteiger partial charge is 0.493 e. The summed E-state index contributed by atoms with van der Waals surface area (Å²) in [5.74, 6) is 0.943. The zero-order chi connectivity index (χ0) is 16.5. The first-order valence-electron chi connectivity index (χ1n) is 7.59. The van der Waals surface area contributed by atoms with Crippen LogP contribution >= 0.6 is 12.4 Å². The number of methoxy groups -OCH3 is 1. The second kappa shape index (κ2) is 10.5. The van der Waals surface area contributed by atoms with E-state index >= 15 is 0 Å². The number of benzene rings is 2. The number of hydrogen-bond acceptors (Lipinski definition) is 4. The quantitative estimate of drug-likeness (QED) is 0.767. The van der Waals surface area contributed by atoms with Gasteiger partial charge in [0, 0.05) is 12.2 Å². The van der Waals surface area contributed by atoms with Gasteiger partial charge in [-0.25, -0.2) is 0 Å². The van der Waals surface area contributed by atoms with Gasteiger partial charge in [0.25, 0.3) is 5.91 Å². The number of para-hydroxylation sites is 3. The monoisotopic (exact) mass is 350 g/mol. The maximum Gasteiger partial charge on any atom is 0.262 e. The van der Waals surface area contributed by atoms with Crippen molar-refractivity contribution in [1.29, 1.82) is 0 Å². The molecule has 130 valence electrons. The Labute approximate surface area is 148 Å². The highest BCUT2D eigenvalue weighted by Crippen LogP contribution is 2.25. The smallest absolute Gasteiger partial charge is 0.262 e. The molecule has 2 rings (SSSR count). The number of hydrogen-bond donors (Lipinski definition) is 2. The Balaban J connectivity index is 0.00000288. The van der Waals surface area contributed by atoms with Crippen molar-refractivity contribution < 1.29 is 14.3 Å². The molecule has 0 atom stereocenters. The number of anilines is 1. The summed E-state index contributed by atoms with van der Waals surface area (Å²) in [6.07, 6.45) is 0. The molecular weight excluding hydrogens is 328 g/mol. The number of carbonyl (C=O) groups excluding carboxylic acids is 1. The molecule has 0 unspecified atom stereocenters. The molecule has 0 heterocycles. The summed E-state index contributed by atoms with van der Waals surface area (Å²) in [7, 11) is 1.57. The highest BCUT2D eigenvalue weighted by molar-refractivity contribution is 5.92. The first-order chi connectivity index (χ1) is 11.2. The molecule has 24 heavy (non-hydrogen) atoms. The lowest BCUT2D eigenvalue weighted by molar-refractivity contribution is -0.118. The molecule has 0 spiro atoms. The van der Waals surface area contributed by atoms with Gasteiger partial charge in [-0.3, -0.25) is 4.79 Å². The van der Waals surface area contributed by atoms with Crippen LogP contribution < -0.4 is 20.1 Å². The molecule has 0 aliphatic carbocycles. The van der Waals surface area contributed by atoms with E-state index in [0.29, 0.717) is 18.0 Å². The van der Waals surface area contributed by atoms with Crippen LogP contribution in [0.25, 0.3) is 0 Å². The number of rotatable bonds is 8. The Kier molecular flexibility index (Phi) is 8.68. The second-order valence-electron chi connectivity index (χ2n) is 4.93. The van der Waals surface area contributed by atoms with E-state index in [0.717, 1.165) is 17.8 Å². The highest BCUT2D eigenvalue weighted by atomic mass is 35.5. The van der Waals surface area contributed by atoms with Crippen LogP contribution in [0.15, 0.2) is 48.5 Å². The Morgan fingerprint density at radius 1 is 1.04 bits per heavy atom. The minimum Gasteiger partial charge on any atom is -0.493 e. The molecule has 6 heteroatoms. The van der Waals surface area contributed by atoms with Crippen LogP contribution in [0, 0.1) is 0 Å². The van der Waals surface area contributed by atoms with Crippen molar-refractivity contribution in [2.45, 2.75) is 13.5 Å². The Hall–Kier alpha value is -2.24. The first kappa shape index (κ1) is 19.8. The second-order valence-corrected chi connectivity index (χ2v) is 4.93. The van der Waals surface area contributed by atoms with Crippen molar-refractivity contribution >= 4 is 24.0 Å². The zero-order valence-corrected chi connectivity index (χ0v) is 14.7. The molecule has 0 radical (unpaired) electrons. The third-order valence-corrected chi connectivity index (χ3v) is 3.28. The topological polar surface area (TPSA) is 59.6 Å². The number of halogens is 1. The zero-order valence-electron chi connectivity index (χ0n) is 13.9. The number of ether oxygens (including phenoxy) is 2. The average molecular weight is 351 g/mol. The molecule has 0 saturated carbocycles. The molecule has 0 aliphatic rings. The van der Waals surface area contributed by atoms with E-state index in [1.807, 2.05) is 43.3 Å². The summed E-state index contributed by atoms with van der Waals surface area (Å²) in [5.41, 5.74) is 1.84. The lowest BCUT2D eigenvalue weighted by Crippen LogP contribution is -2.22. The van der Waals surface area contributed by atoms with Gasteiger partial charge >= 0.3 is 0 Å². The van der Waals surface area contributed by atoms with Gasteiger partial charge in [0.1, 0.15) is 0 Å². The van der Waals surface area contributed by atoms with E-state index in [4.69, 9.17) is 9.47 Å². The molecule has 0 bridgehead atoms. The normalized spacial score (nSPS) is 9.75. The van der Waals surface area contributed by atoms with E-state index in [9.17, 15) is 4.79 Å². The molecule has 5 nitrogen and oxygen atoms in total. The fourth-order valence-corrected chi connectivity index (χ4v) is 2.12. The maximum absolute atomic E-state index is 12.1. The maximum atomic E-state index is 12.1. The SMILES string of the molecule is CCNCc1ccccc1NC(=O)COc1ccccc1OC.Cl. The molecule has 0 saturated heterocycles. The van der Waals surface area contributed by atoms with E-state index < -0.39 is 0 Å². The minimum atomic E-state index is -0.208. The molecule has 0 aromatic heterocycles. The van der Waals surface area contributed by atoms with Crippen molar-refractivity contribution in [2.24, 2.45) is 0 Å². The van der Waals surface area contributed by atoms with Crippen LogP contribution in [0.1, 0.15) is 12.5 Å². The van der Waals surface area contributed by atoms with Crippen LogP contribution in [0.4, 0.5) is 5.69 Å². The molecule has 2 aromatic rings. The summed E-state index contributed by atoms with van der Waals surface area (Å²) in [6.45, 7) is 3.55. The summed E-state index contributed by atoms with van der Waals surface area (Å²) < 4.78 is 10.7. The average Bonchev–Trinajstić information content (AvgIpc) is 2.59. The van der Waals surface area contributed by atoms with E-state index in [1.54, 1.807) is 19.2 Å². The highest BCUT2D eigenvalue weighted by Gasteiger charge is 2.09. The van der Waals surface area contributed by atoms with Gasteiger partial charge in [0.2, 0.25) is 0 Å². The molecule has 1 amide bonds. The van der Waals surface area contributed by atoms with Crippen molar-refractivity contribution in [3.63, 3.8) is 0 Å². The number of nitrogens with one attached hydrogen (secondary N) is 2. The molecule has 0 fully saturated rings. The number of amides is 1. The molecule has 2 N–H and O–H groups in total. The fourth-order valence-electron chi connectivity index (χ4n) is 2.12. The summed E-state index contributed by atoms with van der Waals surface area (Å²) >= 11 is 0. The van der Waals surface area contributed by atoms with Crippen molar-refractivity contribution in [3.05, 3.63) is 54.1 Å². The van der Waals surface area contributed by atoms with Gasteiger partial charge < -0.3 is 20.1 Å². The summed E-state index contributed by atoms with van der Waals surface area (Å²) in [4.78, 5) is 12.1.